The minimum absolute atomic E-state index is 0.00843. The Morgan fingerprint density at radius 1 is 1.00 bits per heavy atom. The molecule has 33 heavy (non-hydrogen) atoms. The van der Waals surface area contributed by atoms with Gasteiger partial charge in [0.1, 0.15) is 29.9 Å². The van der Waals surface area contributed by atoms with Gasteiger partial charge in [0.15, 0.2) is 0 Å². The molecule has 2 atom stereocenters. The number of carbonyl (C=O) groups excluding carboxylic acids is 4. The smallest absolute Gasteiger partial charge is 0.408 e. The average Bonchev–Trinajstić information content (AvgIpc) is 2.62. The van der Waals surface area contributed by atoms with Crippen LogP contribution in [0.15, 0.2) is 30.3 Å². The topological polar surface area (TPSA) is 111 Å². The molecule has 0 unspecified atom stereocenters. The summed E-state index contributed by atoms with van der Waals surface area (Å²) in [4.78, 5) is 51.6. The quantitative estimate of drug-likeness (QED) is 0.490. The van der Waals surface area contributed by atoms with Gasteiger partial charge in [0, 0.05) is 6.54 Å². The molecule has 1 saturated heterocycles. The number of carbonyl (C=O) groups is 4. The van der Waals surface area contributed by atoms with Crippen LogP contribution in [0.5, 0.6) is 0 Å². The van der Waals surface area contributed by atoms with Gasteiger partial charge in [-0.15, -0.1) is 0 Å². The van der Waals surface area contributed by atoms with Crippen LogP contribution in [0.3, 0.4) is 0 Å². The van der Waals surface area contributed by atoms with Crippen molar-refractivity contribution in [2.45, 2.75) is 84.3 Å². The van der Waals surface area contributed by atoms with Crippen molar-refractivity contribution in [3.8, 4) is 0 Å². The molecule has 1 heterocycles. The highest BCUT2D eigenvalue weighted by molar-refractivity contribution is 5.91. The van der Waals surface area contributed by atoms with Crippen molar-refractivity contribution in [3.05, 3.63) is 35.9 Å². The summed E-state index contributed by atoms with van der Waals surface area (Å²) in [7, 11) is 0. The first-order valence-electron chi connectivity index (χ1n) is 11.0. The highest BCUT2D eigenvalue weighted by Crippen LogP contribution is 2.23. The van der Waals surface area contributed by atoms with Gasteiger partial charge < -0.3 is 24.4 Å². The van der Waals surface area contributed by atoms with E-state index < -0.39 is 47.2 Å². The Morgan fingerprint density at radius 2 is 1.61 bits per heavy atom. The van der Waals surface area contributed by atoms with E-state index >= 15 is 0 Å². The first-order chi connectivity index (χ1) is 15.2. The van der Waals surface area contributed by atoms with Crippen molar-refractivity contribution in [2.75, 3.05) is 6.54 Å². The largest absolute Gasteiger partial charge is 0.458 e. The summed E-state index contributed by atoms with van der Waals surface area (Å²) in [5.41, 5.74) is -0.716. The molecule has 1 aromatic carbocycles. The summed E-state index contributed by atoms with van der Waals surface area (Å²) in [6.07, 6.45) is -0.742. The van der Waals surface area contributed by atoms with E-state index in [9.17, 15) is 19.2 Å². The maximum atomic E-state index is 12.9. The highest BCUT2D eigenvalue weighted by atomic mass is 16.6. The predicted octanol–water partition coefficient (Wildman–Crippen LogP) is 2.96. The van der Waals surface area contributed by atoms with Gasteiger partial charge in [0.25, 0.3) is 0 Å². The lowest BCUT2D eigenvalue weighted by molar-refractivity contribution is -0.171. The Labute approximate surface area is 194 Å². The van der Waals surface area contributed by atoms with E-state index in [1.54, 1.807) is 53.7 Å². The molecule has 2 rings (SSSR count). The van der Waals surface area contributed by atoms with Crippen LogP contribution in [-0.2, 0) is 35.2 Å². The molecule has 182 valence electrons. The lowest BCUT2D eigenvalue weighted by Gasteiger charge is -2.40. The molecule has 0 aromatic heterocycles. The molecule has 1 N–H and O–H groups in total. The van der Waals surface area contributed by atoms with E-state index in [1.165, 1.54) is 4.90 Å². The summed E-state index contributed by atoms with van der Waals surface area (Å²) in [6.45, 7) is 10.7. The minimum Gasteiger partial charge on any atom is -0.458 e. The van der Waals surface area contributed by atoms with E-state index in [0.717, 1.165) is 5.56 Å². The number of ether oxygens (including phenoxy) is 3. The Morgan fingerprint density at radius 3 is 2.12 bits per heavy atom. The van der Waals surface area contributed by atoms with Crippen molar-refractivity contribution < 1.29 is 33.4 Å². The summed E-state index contributed by atoms with van der Waals surface area (Å²) in [5.74, 6) is -1.72. The summed E-state index contributed by atoms with van der Waals surface area (Å²) in [5, 5.41) is 2.43. The first-order valence-corrected chi connectivity index (χ1v) is 11.0. The fraction of sp³-hybridized carbons (Fsp3) is 0.583. The van der Waals surface area contributed by atoms with Crippen LogP contribution in [0, 0.1) is 0 Å². The molecule has 2 amide bonds. The zero-order chi connectivity index (χ0) is 24.8. The van der Waals surface area contributed by atoms with Gasteiger partial charge in [-0.3, -0.25) is 4.79 Å². The molecule has 0 saturated carbocycles. The van der Waals surface area contributed by atoms with Gasteiger partial charge in [0.2, 0.25) is 5.91 Å². The maximum absolute atomic E-state index is 12.9. The Bertz CT molecular complexity index is 856. The van der Waals surface area contributed by atoms with Crippen molar-refractivity contribution in [2.24, 2.45) is 0 Å². The zero-order valence-corrected chi connectivity index (χ0v) is 20.2. The standard InChI is InChI=1S/C24H34N2O7/c1-23(2,3)32-20(28)17(25-22(30)31-15-16-10-8-7-9-11-16)14-19(27)26-13-12-18(26)21(29)33-24(4,5)6/h7-11,17-18H,12-15H2,1-6H3,(H,25,30)/t17-,18-/m1/s1. The third-order valence-electron chi connectivity index (χ3n) is 4.59. The number of alkyl carbamates (subject to hydrolysis) is 1. The van der Waals surface area contributed by atoms with Crippen LogP contribution in [0.2, 0.25) is 0 Å². The molecule has 0 radical (unpaired) electrons. The number of nitrogens with one attached hydrogen (secondary N) is 1. The lowest BCUT2D eigenvalue weighted by Crippen LogP contribution is -2.58. The fourth-order valence-corrected chi connectivity index (χ4v) is 3.07. The van der Waals surface area contributed by atoms with Gasteiger partial charge in [-0.1, -0.05) is 30.3 Å². The molecule has 1 aromatic rings. The Hall–Kier alpha value is -3.10. The molecular formula is C24H34N2O7. The molecule has 9 nitrogen and oxygen atoms in total. The predicted molar refractivity (Wildman–Crippen MR) is 120 cm³/mol. The summed E-state index contributed by atoms with van der Waals surface area (Å²) >= 11 is 0. The Balaban J connectivity index is 2.02. The molecule has 0 bridgehead atoms. The fourth-order valence-electron chi connectivity index (χ4n) is 3.07. The minimum atomic E-state index is -1.26. The number of rotatable bonds is 7. The van der Waals surface area contributed by atoms with Gasteiger partial charge in [-0.05, 0) is 53.5 Å². The van der Waals surface area contributed by atoms with Crippen molar-refractivity contribution in [3.63, 3.8) is 0 Å². The van der Waals surface area contributed by atoms with E-state index in [-0.39, 0.29) is 13.0 Å². The second kappa shape index (κ2) is 10.7. The maximum Gasteiger partial charge on any atom is 0.408 e. The summed E-state index contributed by atoms with van der Waals surface area (Å²) in [6, 6.07) is 7.08. The number of likely N-dealkylation sites (tertiary alicyclic amines) is 1. The molecule has 1 aliphatic heterocycles. The number of benzene rings is 1. The number of hydrogen-bond donors (Lipinski definition) is 1. The summed E-state index contributed by atoms with van der Waals surface area (Å²) < 4.78 is 15.9. The highest BCUT2D eigenvalue weighted by Gasteiger charge is 2.41. The van der Waals surface area contributed by atoms with Crippen LogP contribution in [0.4, 0.5) is 4.79 Å². The van der Waals surface area contributed by atoms with Gasteiger partial charge >= 0.3 is 18.0 Å². The zero-order valence-electron chi connectivity index (χ0n) is 20.2. The second-order valence-corrected chi connectivity index (χ2v) is 9.92. The number of nitrogens with zero attached hydrogens (tertiary/aromatic N) is 1. The molecule has 9 heteroatoms. The normalized spacial score (nSPS) is 16.8. The van der Waals surface area contributed by atoms with Crippen molar-refractivity contribution in [1.82, 2.24) is 10.2 Å². The lowest BCUT2D eigenvalue weighted by atomic mass is 10.0. The third-order valence-corrected chi connectivity index (χ3v) is 4.59. The Kier molecular flexibility index (Phi) is 8.46. The monoisotopic (exact) mass is 462 g/mol. The van der Waals surface area contributed by atoms with Gasteiger partial charge in [-0.2, -0.15) is 0 Å². The van der Waals surface area contributed by atoms with Crippen LogP contribution in [0.1, 0.15) is 59.9 Å². The first kappa shape index (κ1) is 26.2. The second-order valence-electron chi connectivity index (χ2n) is 9.92. The van der Waals surface area contributed by atoms with Gasteiger partial charge in [0.05, 0.1) is 6.42 Å². The van der Waals surface area contributed by atoms with Crippen LogP contribution in [0.25, 0.3) is 0 Å². The van der Waals surface area contributed by atoms with Crippen molar-refractivity contribution in [1.29, 1.82) is 0 Å². The van der Waals surface area contributed by atoms with Crippen LogP contribution in [-0.4, -0.2) is 58.7 Å². The number of amides is 2. The molecule has 0 spiro atoms. The van der Waals surface area contributed by atoms with Crippen LogP contribution < -0.4 is 5.32 Å². The number of hydrogen-bond acceptors (Lipinski definition) is 7. The van der Waals surface area contributed by atoms with E-state index in [0.29, 0.717) is 13.0 Å². The molecular weight excluding hydrogens is 428 g/mol. The molecule has 1 fully saturated rings. The molecule has 0 aliphatic carbocycles. The molecule has 1 aliphatic rings. The van der Waals surface area contributed by atoms with Gasteiger partial charge in [-0.25, -0.2) is 14.4 Å². The van der Waals surface area contributed by atoms with E-state index in [4.69, 9.17) is 14.2 Å². The van der Waals surface area contributed by atoms with Crippen molar-refractivity contribution >= 4 is 23.9 Å². The SMILES string of the molecule is CC(C)(C)OC(=O)[C@H]1CCN1C(=O)C[C@@H](NC(=O)OCc1ccccc1)C(=O)OC(C)(C)C. The average molecular weight is 463 g/mol. The van der Waals surface area contributed by atoms with Crippen LogP contribution >= 0.6 is 0 Å². The van der Waals surface area contributed by atoms with E-state index in [2.05, 4.69) is 5.32 Å². The van der Waals surface area contributed by atoms with E-state index in [1.807, 2.05) is 18.2 Å². The number of esters is 2. The third kappa shape index (κ3) is 8.75.